The van der Waals surface area contributed by atoms with Crippen LogP contribution in [0.2, 0.25) is 0 Å². The molecule has 2 aromatic carbocycles. The third-order valence-corrected chi connectivity index (χ3v) is 4.20. The highest BCUT2D eigenvalue weighted by atomic mass is 16.3. The standard InChI is InChI=1S/C18H22O4/c1-4-5-12(13-6-8-15(19)10(2)17(13)21)14-7-9-16(20)11(3)18(14)22/h6-9,12,19-22H,4-5H2,1-3H3. The van der Waals surface area contributed by atoms with Crippen molar-refractivity contribution >= 4 is 0 Å². The molecule has 0 bridgehead atoms. The van der Waals surface area contributed by atoms with E-state index in [4.69, 9.17) is 0 Å². The highest BCUT2D eigenvalue weighted by Crippen LogP contribution is 2.43. The molecule has 22 heavy (non-hydrogen) atoms. The molecule has 118 valence electrons. The van der Waals surface area contributed by atoms with Crippen molar-refractivity contribution < 1.29 is 20.4 Å². The lowest BCUT2D eigenvalue weighted by molar-refractivity contribution is 0.427. The molecular weight excluding hydrogens is 280 g/mol. The molecule has 0 fully saturated rings. The lowest BCUT2D eigenvalue weighted by atomic mass is 9.84. The summed E-state index contributed by atoms with van der Waals surface area (Å²) in [6, 6.07) is 6.47. The third-order valence-electron chi connectivity index (χ3n) is 4.20. The largest absolute Gasteiger partial charge is 0.508 e. The van der Waals surface area contributed by atoms with E-state index in [0.717, 1.165) is 12.8 Å². The molecule has 0 saturated carbocycles. The molecule has 4 heteroatoms. The summed E-state index contributed by atoms with van der Waals surface area (Å²) in [6.07, 6.45) is 1.60. The summed E-state index contributed by atoms with van der Waals surface area (Å²) < 4.78 is 0. The van der Waals surface area contributed by atoms with Crippen LogP contribution in [0.4, 0.5) is 0 Å². The molecule has 0 spiro atoms. The lowest BCUT2D eigenvalue weighted by Crippen LogP contribution is -2.03. The quantitative estimate of drug-likeness (QED) is 0.686. The van der Waals surface area contributed by atoms with Crippen LogP contribution in [-0.2, 0) is 0 Å². The van der Waals surface area contributed by atoms with Crippen molar-refractivity contribution in [1.82, 2.24) is 0 Å². The Balaban J connectivity index is 2.62. The zero-order valence-corrected chi connectivity index (χ0v) is 13.1. The number of phenols is 4. The Hall–Kier alpha value is -2.36. The van der Waals surface area contributed by atoms with Crippen molar-refractivity contribution in [2.75, 3.05) is 0 Å². The van der Waals surface area contributed by atoms with Gasteiger partial charge in [-0.25, -0.2) is 0 Å². The van der Waals surface area contributed by atoms with Gasteiger partial charge in [-0.15, -0.1) is 0 Å². The summed E-state index contributed by atoms with van der Waals surface area (Å²) in [5, 5.41) is 40.1. The van der Waals surface area contributed by atoms with E-state index in [1.54, 1.807) is 38.1 Å². The molecule has 0 aliphatic rings. The number of rotatable bonds is 4. The van der Waals surface area contributed by atoms with Gasteiger partial charge in [0.2, 0.25) is 0 Å². The summed E-state index contributed by atoms with van der Waals surface area (Å²) in [5.74, 6) is -0.0269. The van der Waals surface area contributed by atoms with Gasteiger partial charge in [0, 0.05) is 28.2 Å². The maximum absolute atomic E-state index is 10.4. The van der Waals surface area contributed by atoms with Gasteiger partial charge in [0.25, 0.3) is 0 Å². The Bertz CT molecular complexity index is 634. The fourth-order valence-corrected chi connectivity index (χ4v) is 2.75. The first kappa shape index (κ1) is 16.0. The van der Waals surface area contributed by atoms with Gasteiger partial charge in [0.05, 0.1) is 0 Å². The smallest absolute Gasteiger partial charge is 0.125 e. The number of hydrogen-bond donors (Lipinski definition) is 4. The van der Waals surface area contributed by atoms with Crippen molar-refractivity contribution in [3.8, 4) is 23.0 Å². The zero-order valence-electron chi connectivity index (χ0n) is 13.1. The molecule has 0 saturated heterocycles. The Morgan fingerprint density at radius 1 is 0.773 bits per heavy atom. The molecule has 0 aromatic heterocycles. The number of phenolic OH excluding ortho intramolecular Hbond substituents is 4. The van der Waals surface area contributed by atoms with Gasteiger partial charge < -0.3 is 20.4 Å². The topological polar surface area (TPSA) is 80.9 Å². The monoisotopic (exact) mass is 302 g/mol. The summed E-state index contributed by atoms with van der Waals surface area (Å²) in [6.45, 7) is 5.33. The SMILES string of the molecule is CCCC(c1ccc(O)c(C)c1O)c1ccc(O)c(C)c1O. The Morgan fingerprint density at radius 2 is 1.18 bits per heavy atom. The highest BCUT2D eigenvalue weighted by Gasteiger charge is 2.23. The van der Waals surface area contributed by atoms with Gasteiger partial charge in [0.15, 0.2) is 0 Å². The van der Waals surface area contributed by atoms with Crippen LogP contribution in [-0.4, -0.2) is 20.4 Å². The summed E-state index contributed by atoms with van der Waals surface area (Å²) in [7, 11) is 0. The Morgan fingerprint density at radius 3 is 1.55 bits per heavy atom. The van der Waals surface area contributed by atoms with E-state index < -0.39 is 0 Å². The van der Waals surface area contributed by atoms with Gasteiger partial charge in [-0.2, -0.15) is 0 Å². The van der Waals surface area contributed by atoms with Crippen molar-refractivity contribution in [1.29, 1.82) is 0 Å². The van der Waals surface area contributed by atoms with Crippen LogP contribution >= 0.6 is 0 Å². The van der Waals surface area contributed by atoms with E-state index in [0.29, 0.717) is 22.3 Å². The van der Waals surface area contributed by atoms with Crippen LogP contribution in [0.3, 0.4) is 0 Å². The molecule has 0 heterocycles. The molecule has 0 unspecified atom stereocenters. The van der Waals surface area contributed by atoms with E-state index in [1.807, 2.05) is 6.92 Å². The Labute approximate surface area is 130 Å². The Kier molecular flexibility index (Phi) is 4.50. The predicted octanol–water partition coefficient (Wildman–Crippen LogP) is 4.06. The normalized spacial score (nSPS) is 11.1. The van der Waals surface area contributed by atoms with Crippen molar-refractivity contribution in [2.45, 2.75) is 39.5 Å². The fourth-order valence-electron chi connectivity index (χ4n) is 2.75. The van der Waals surface area contributed by atoms with Gasteiger partial charge in [-0.3, -0.25) is 0 Å². The second-order valence-corrected chi connectivity index (χ2v) is 5.64. The molecule has 0 radical (unpaired) electrons. The average molecular weight is 302 g/mol. The first-order valence-corrected chi connectivity index (χ1v) is 7.41. The molecule has 0 atom stereocenters. The van der Waals surface area contributed by atoms with Gasteiger partial charge in [0.1, 0.15) is 23.0 Å². The molecule has 2 rings (SSSR count). The second-order valence-electron chi connectivity index (χ2n) is 5.64. The first-order chi connectivity index (χ1) is 10.4. The van der Waals surface area contributed by atoms with Crippen LogP contribution in [0.5, 0.6) is 23.0 Å². The molecule has 4 N–H and O–H groups in total. The maximum atomic E-state index is 10.4. The fraction of sp³-hybridized carbons (Fsp3) is 0.333. The van der Waals surface area contributed by atoms with Crippen molar-refractivity contribution in [3.05, 3.63) is 46.5 Å². The number of aromatic hydroxyl groups is 4. The van der Waals surface area contributed by atoms with Crippen molar-refractivity contribution in [3.63, 3.8) is 0 Å². The minimum absolute atomic E-state index is 0.0441. The molecule has 0 aliphatic heterocycles. The van der Waals surface area contributed by atoms with E-state index in [1.165, 1.54) is 0 Å². The molecule has 0 aliphatic carbocycles. The van der Waals surface area contributed by atoms with Gasteiger partial charge in [-0.05, 0) is 32.4 Å². The number of hydrogen-bond acceptors (Lipinski definition) is 4. The second kappa shape index (κ2) is 6.18. The summed E-state index contributed by atoms with van der Waals surface area (Å²) >= 11 is 0. The van der Waals surface area contributed by atoms with E-state index in [9.17, 15) is 20.4 Å². The summed E-state index contributed by atoms with van der Waals surface area (Å²) in [4.78, 5) is 0. The van der Waals surface area contributed by atoms with E-state index in [-0.39, 0.29) is 28.9 Å². The molecular formula is C18H22O4. The maximum Gasteiger partial charge on any atom is 0.125 e. The minimum Gasteiger partial charge on any atom is -0.508 e. The summed E-state index contributed by atoms with van der Waals surface area (Å²) in [5.41, 5.74) is 2.18. The van der Waals surface area contributed by atoms with E-state index >= 15 is 0 Å². The zero-order chi connectivity index (χ0) is 16.4. The van der Waals surface area contributed by atoms with Crippen LogP contribution in [0.15, 0.2) is 24.3 Å². The third kappa shape index (κ3) is 2.69. The predicted molar refractivity (Wildman–Crippen MR) is 85.8 cm³/mol. The van der Waals surface area contributed by atoms with Crippen LogP contribution in [0, 0.1) is 13.8 Å². The molecule has 4 nitrogen and oxygen atoms in total. The first-order valence-electron chi connectivity index (χ1n) is 7.41. The van der Waals surface area contributed by atoms with Gasteiger partial charge in [-0.1, -0.05) is 25.5 Å². The van der Waals surface area contributed by atoms with Crippen LogP contribution in [0.1, 0.15) is 47.9 Å². The van der Waals surface area contributed by atoms with Crippen molar-refractivity contribution in [2.24, 2.45) is 0 Å². The molecule has 2 aromatic rings. The van der Waals surface area contributed by atoms with Crippen LogP contribution in [0.25, 0.3) is 0 Å². The van der Waals surface area contributed by atoms with Gasteiger partial charge >= 0.3 is 0 Å². The minimum atomic E-state index is -0.205. The van der Waals surface area contributed by atoms with E-state index in [2.05, 4.69) is 0 Å². The highest BCUT2D eigenvalue weighted by molar-refractivity contribution is 5.56. The average Bonchev–Trinajstić information content (AvgIpc) is 2.50. The lowest BCUT2D eigenvalue weighted by Gasteiger charge is -2.22. The van der Waals surface area contributed by atoms with Crippen LogP contribution < -0.4 is 0 Å². The molecule has 0 amide bonds. The number of benzene rings is 2.